The predicted octanol–water partition coefficient (Wildman–Crippen LogP) is 8.18. The maximum absolute atomic E-state index is 8.28. The van der Waals surface area contributed by atoms with Gasteiger partial charge in [-0.2, -0.15) is 0 Å². The van der Waals surface area contributed by atoms with E-state index in [1.54, 1.807) is 0 Å². The Balaban J connectivity index is 1.37. The van der Waals surface area contributed by atoms with Crippen molar-refractivity contribution in [2.45, 2.75) is 6.04 Å². The van der Waals surface area contributed by atoms with Crippen LogP contribution in [-0.2, 0) is 0 Å². The molecule has 0 fully saturated rings. The van der Waals surface area contributed by atoms with Crippen LogP contribution in [0.4, 0.5) is 5.69 Å². The van der Waals surface area contributed by atoms with Crippen LogP contribution in [0.2, 0.25) is 0 Å². The second kappa shape index (κ2) is 7.09. The lowest BCUT2D eigenvalue weighted by Gasteiger charge is -2.17. The van der Waals surface area contributed by atoms with Crippen molar-refractivity contribution in [2.24, 2.45) is 0 Å². The van der Waals surface area contributed by atoms with E-state index in [-0.39, 0.29) is 6.04 Å². The third-order valence-electron chi connectivity index (χ3n) is 7.41. The Hall–Kier alpha value is -4.83. The average Bonchev–Trinajstić information content (AvgIpc) is 3.57. The predicted molar refractivity (Wildman–Crippen MR) is 150 cm³/mol. The quantitative estimate of drug-likeness (QED) is 0.278. The summed E-state index contributed by atoms with van der Waals surface area (Å²) in [5.74, 6) is 0. The van der Waals surface area contributed by atoms with Gasteiger partial charge in [0.1, 0.15) is 11.2 Å². The number of rotatable bonds is 3. The molecule has 0 aliphatic heterocycles. The first-order valence-corrected chi connectivity index (χ1v) is 12.2. The van der Waals surface area contributed by atoms with Crippen LogP contribution in [0.1, 0.15) is 0 Å². The smallest absolute Gasteiger partial charge is 0.136 e. The minimum atomic E-state index is -0.129. The van der Waals surface area contributed by atoms with Gasteiger partial charge in [0.25, 0.3) is 0 Å². The molecule has 36 heavy (non-hydrogen) atoms. The number of aromatic nitrogens is 1. The average molecular weight is 464 g/mol. The first kappa shape index (κ1) is 19.5. The van der Waals surface area contributed by atoms with Crippen LogP contribution in [-0.4, -0.2) is 16.2 Å². The third kappa shape index (κ3) is 2.61. The van der Waals surface area contributed by atoms with Crippen LogP contribution in [0.15, 0.2) is 114 Å². The highest BCUT2D eigenvalue weighted by Crippen LogP contribution is 2.43. The number of allylic oxidation sites excluding steroid dienone is 2. The summed E-state index contributed by atoms with van der Waals surface area (Å²) in [5.41, 5.74) is 8.10. The lowest BCUT2D eigenvalue weighted by atomic mass is 10.0. The molecule has 3 aromatic heterocycles. The summed E-state index contributed by atoms with van der Waals surface area (Å²) in [6.07, 6.45) is 9.93. The zero-order valence-corrected chi connectivity index (χ0v) is 19.3. The van der Waals surface area contributed by atoms with Crippen LogP contribution < -0.4 is 5.32 Å². The van der Waals surface area contributed by atoms with Gasteiger partial charge in [-0.05, 0) is 41.5 Å². The lowest BCUT2D eigenvalue weighted by Crippen LogP contribution is -2.26. The first-order valence-electron chi connectivity index (χ1n) is 12.2. The van der Waals surface area contributed by atoms with E-state index in [4.69, 9.17) is 9.83 Å². The molecule has 4 heteroatoms. The number of hydrogen-bond acceptors (Lipinski definition) is 3. The Morgan fingerprint density at radius 1 is 0.750 bits per heavy atom. The van der Waals surface area contributed by atoms with Crippen molar-refractivity contribution in [1.82, 2.24) is 4.40 Å². The van der Waals surface area contributed by atoms with E-state index in [0.29, 0.717) is 5.71 Å². The Kier molecular flexibility index (Phi) is 3.84. The Morgan fingerprint density at radius 2 is 1.64 bits per heavy atom. The number of hydrogen-bond donors (Lipinski definition) is 2. The number of furan rings is 1. The molecule has 4 aromatic carbocycles. The zero-order chi connectivity index (χ0) is 23.8. The van der Waals surface area contributed by atoms with E-state index in [0.717, 1.165) is 44.1 Å². The fourth-order valence-corrected chi connectivity index (χ4v) is 5.77. The van der Waals surface area contributed by atoms with E-state index in [1.165, 1.54) is 21.9 Å². The molecule has 0 amide bonds. The number of nitrogens with zero attached hydrogens (tertiary/aromatic N) is 1. The van der Waals surface area contributed by atoms with Gasteiger partial charge in [-0.15, -0.1) is 0 Å². The largest absolute Gasteiger partial charge is 0.456 e. The molecule has 1 aliphatic rings. The molecule has 0 bridgehead atoms. The van der Waals surface area contributed by atoms with Crippen molar-refractivity contribution in [3.8, 4) is 11.1 Å². The van der Waals surface area contributed by atoms with Crippen LogP contribution >= 0.6 is 0 Å². The van der Waals surface area contributed by atoms with E-state index in [9.17, 15) is 0 Å². The molecule has 1 atom stereocenters. The molecule has 3 heterocycles. The summed E-state index contributed by atoms with van der Waals surface area (Å²) in [5, 5.41) is 17.7. The molecule has 8 rings (SSSR count). The molecule has 0 saturated heterocycles. The summed E-state index contributed by atoms with van der Waals surface area (Å²) in [7, 11) is 0. The summed E-state index contributed by atoms with van der Waals surface area (Å²) in [4.78, 5) is 0. The Bertz CT molecular complexity index is 2040. The molecule has 4 nitrogen and oxygen atoms in total. The molecule has 7 aromatic rings. The first-order chi connectivity index (χ1) is 17.8. The van der Waals surface area contributed by atoms with Gasteiger partial charge in [-0.3, -0.25) is 0 Å². The maximum atomic E-state index is 8.28. The van der Waals surface area contributed by atoms with Crippen molar-refractivity contribution in [3.63, 3.8) is 0 Å². The number of benzene rings is 4. The van der Waals surface area contributed by atoms with Crippen molar-refractivity contribution in [3.05, 3.63) is 109 Å². The van der Waals surface area contributed by atoms with Crippen molar-refractivity contribution < 1.29 is 4.42 Å². The van der Waals surface area contributed by atoms with Gasteiger partial charge in [0, 0.05) is 33.1 Å². The Morgan fingerprint density at radius 3 is 2.53 bits per heavy atom. The van der Waals surface area contributed by atoms with Crippen LogP contribution in [0.3, 0.4) is 0 Å². The highest BCUT2D eigenvalue weighted by Gasteiger charge is 2.21. The fraction of sp³-hybridized carbons (Fsp3) is 0.0312. The van der Waals surface area contributed by atoms with Crippen LogP contribution in [0.5, 0.6) is 0 Å². The summed E-state index contributed by atoms with van der Waals surface area (Å²) in [6, 6.07) is 27.6. The maximum Gasteiger partial charge on any atom is 0.136 e. The molecule has 2 N–H and O–H groups in total. The van der Waals surface area contributed by atoms with E-state index in [1.807, 2.05) is 30.4 Å². The molecular formula is C32H21N3O. The van der Waals surface area contributed by atoms with Crippen LogP contribution in [0, 0.1) is 5.41 Å². The molecule has 0 spiro atoms. The van der Waals surface area contributed by atoms with Crippen molar-refractivity contribution in [1.29, 1.82) is 5.41 Å². The minimum absolute atomic E-state index is 0.129. The minimum Gasteiger partial charge on any atom is -0.456 e. The third-order valence-corrected chi connectivity index (χ3v) is 7.41. The molecular weight excluding hydrogens is 442 g/mol. The summed E-state index contributed by atoms with van der Waals surface area (Å²) in [6.45, 7) is 0. The van der Waals surface area contributed by atoms with E-state index >= 15 is 0 Å². The van der Waals surface area contributed by atoms with Gasteiger partial charge in [0.2, 0.25) is 0 Å². The van der Waals surface area contributed by atoms with E-state index in [2.05, 4.69) is 88.7 Å². The number of anilines is 1. The Labute approximate surface area is 206 Å². The van der Waals surface area contributed by atoms with Gasteiger partial charge >= 0.3 is 0 Å². The van der Waals surface area contributed by atoms with E-state index < -0.39 is 0 Å². The number of para-hydroxylation sites is 1. The standard InChI is InChI=1S/C32H21N3O/c33-24-11-4-5-12-25(24)34-26-18-35-27-15-16-28-31(30(27)23-10-6-9-21(26)32(23)35)22-14-13-20(17-29(22)36-28)19-7-2-1-3-8-19/h1-18,25,33-34H. The molecule has 1 unspecified atom stereocenters. The highest BCUT2D eigenvalue weighted by molar-refractivity contribution is 6.29. The summed E-state index contributed by atoms with van der Waals surface area (Å²) >= 11 is 0. The van der Waals surface area contributed by atoms with Gasteiger partial charge in [-0.25, -0.2) is 0 Å². The van der Waals surface area contributed by atoms with Gasteiger partial charge in [0.15, 0.2) is 0 Å². The van der Waals surface area contributed by atoms with Crippen LogP contribution in [0.25, 0.3) is 60.3 Å². The second-order valence-corrected chi connectivity index (χ2v) is 9.45. The normalized spacial score (nSPS) is 15.9. The second-order valence-electron chi connectivity index (χ2n) is 9.45. The molecule has 0 saturated carbocycles. The topological polar surface area (TPSA) is 53.4 Å². The van der Waals surface area contributed by atoms with Gasteiger partial charge in [-0.1, -0.05) is 72.8 Å². The molecule has 0 radical (unpaired) electrons. The summed E-state index contributed by atoms with van der Waals surface area (Å²) < 4.78 is 8.67. The molecule has 1 aliphatic carbocycles. The molecule has 170 valence electrons. The fourth-order valence-electron chi connectivity index (χ4n) is 5.77. The number of nitrogens with one attached hydrogen (secondary N) is 2. The monoisotopic (exact) mass is 463 g/mol. The van der Waals surface area contributed by atoms with Gasteiger partial charge < -0.3 is 19.5 Å². The van der Waals surface area contributed by atoms with Crippen molar-refractivity contribution >= 4 is 60.5 Å². The number of fused-ring (bicyclic) bond motifs is 7. The van der Waals surface area contributed by atoms with Gasteiger partial charge in [0.05, 0.1) is 28.5 Å². The SMILES string of the molecule is N=C1C=CC=CC1Nc1cn2c3ccc4oc5cc(-c6ccccc6)ccc5c4c3c3cccc1c32. The lowest BCUT2D eigenvalue weighted by molar-refractivity contribution is 0.669. The zero-order valence-electron chi connectivity index (χ0n) is 19.3. The van der Waals surface area contributed by atoms with Crippen molar-refractivity contribution in [2.75, 3.05) is 5.32 Å². The highest BCUT2D eigenvalue weighted by atomic mass is 16.3.